The van der Waals surface area contributed by atoms with Crippen LogP contribution in [0.2, 0.25) is 0 Å². The minimum absolute atomic E-state index is 0.0101. The number of amides is 1. The number of hydrogen-bond acceptors (Lipinski definition) is 3. The third kappa shape index (κ3) is 3.71. The van der Waals surface area contributed by atoms with Crippen molar-refractivity contribution in [3.63, 3.8) is 0 Å². The molecule has 0 saturated heterocycles. The molecule has 0 fully saturated rings. The Balaban J connectivity index is 2.08. The summed E-state index contributed by atoms with van der Waals surface area (Å²) in [6, 6.07) is 15.8. The van der Waals surface area contributed by atoms with Gasteiger partial charge in [0.1, 0.15) is 5.92 Å². The number of carbonyl (C=O) groups is 1. The normalized spacial score (nSPS) is 13.2. The van der Waals surface area contributed by atoms with Crippen molar-refractivity contribution >= 4 is 17.2 Å². The zero-order valence-electron chi connectivity index (χ0n) is 12.2. The van der Waals surface area contributed by atoms with Crippen LogP contribution in [0.25, 0.3) is 0 Å². The quantitative estimate of drug-likeness (QED) is 0.845. The molecule has 1 amide bonds. The minimum atomic E-state index is -0.639. The maximum absolute atomic E-state index is 12.5. The Hall–Kier alpha value is -2.12. The monoisotopic (exact) mass is 298 g/mol. The van der Waals surface area contributed by atoms with Gasteiger partial charge in [0.15, 0.2) is 0 Å². The van der Waals surface area contributed by atoms with Crippen molar-refractivity contribution in [3.05, 3.63) is 58.3 Å². The van der Waals surface area contributed by atoms with E-state index in [1.54, 1.807) is 23.3 Å². The van der Waals surface area contributed by atoms with Crippen LogP contribution in [0.3, 0.4) is 0 Å². The van der Waals surface area contributed by atoms with Gasteiger partial charge >= 0.3 is 0 Å². The highest BCUT2D eigenvalue weighted by atomic mass is 32.1. The van der Waals surface area contributed by atoms with Crippen molar-refractivity contribution in [1.29, 1.82) is 5.26 Å². The molecular weight excluding hydrogens is 280 g/mol. The molecule has 2 unspecified atom stereocenters. The fourth-order valence-electron chi connectivity index (χ4n) is 2.19. The summed E-state index contributed by atoms with van der Waals surface area (Å²) >= 11 is 1.62. The topological polar surface area (TPSA) is 44.1 Å². The van der Waals surface area contributed by atoms with E-state index in [0.29, 0.717) is 6.42 Å². The van der Waals surface area contributed by atoms with E-state index in [-0.39, 0.29) is 11.9 Å². The average molecular weight is 298 g/mol. The molecule has 0 bridgehead atoms. The molecule has 2 rings (SSSR count). The number of nitrogens with zero attached hydrogens (tertiary/aromatic N) is 2. The maximum atomic E-state index is 12.5. The number of thiophene rings is 1. The maximum Gasteiger partial charge on any atom is 0.240 e. The first-order valence-corrected chi connectivity index (χ1v) is 7.75. The molecule has 0 aliphatic heterocycles. The van der Waals surface area contributed by atoms with E-state index in [1.165, 1.54) is 0 Å². The van der Waals surface area contributed by atoms with Gasteiger partial charge in [0.2, 0.25) is 5.91 Å². The van der Waals surface area contributed by atoms with Gasteiger partial charge in [-0.25, -0.2) is 0 Å². The molecule has 1 aromatic carbocycles. The van der Waals surface area contributed by atoms with Crippen LogP contribution in [-0.2, 0) is 11.2 Å². The molecule has 0 N–H and O–H groups in total. The third-order valence-corrected chi connectivity index (χ3v) is 4.66. The van der Waals surface area contributed by atoms with Crippen molar-refractivity contribution in [2.45, 2.75) is 19.4 Å². The molecule has 21 heavy (non-hydrogen) atoms. The zero-order valence-corrected chi connectivity index (χ0v) is 13.0. The smallest absolute Gasteiger partial charge is 0.240 e. The van der Waals surface area contributed by atoms with E-state index in [9.17, 15) is 10.1 Å². The summed E-state index contributed by atoms with van der Waals surface area (Å²) in [6.45, 7) is 1.99. The van der Waals surface area contributed by atoms with Gasteiger partial charge in [0, 0.05) is 11.9 Å². The van der Waals surface area contributed by atoms with Gasteiger partial charge in [0.25, 0.3) is 0 Å². The van der Waals surface area contributed by atoms with Gasteiger partial charge in [-0.3, -0.25) is 4.79 Å². The van der Waals surface area contributed by atoms with E-state index in [2.05, 4.69) is 6.07 Å². The van der Waals surface area contributed by atoms with E-state index in [4.69, 9.17) is 0 Å². The van der Waals surface area contributed by atoms with E-state index < -0.39 is 5.92 Å². The molecule has 0 aliphatic rings. The van der Waals surface area contributed by atoms with Gasteiger partial charge in [0.05, 0.1) is 12.1 Å². The van der Waals surface area contributed by atoms with Gasteiger partial charge in [-0.2, -0.15) is 5.26 Å². The number of carbonyl (C=O) groups excluding carboxylic acids is 1. The summed E-state index contributed by atoms with van der Waals surface area (Å²) in [5.41, 5.74) is 1.01. The first-order chi connectivity index (χ1) is 10.1. The number of rotatable bonds is 5. The molecule has 2 aromatic rings. The Labute approximate surface area is 129 Å². The summed E-state index contributed by atoms with van der Waals surface area (Å²) in [6.07, 6.45) is 0.456. The number of benzene rings is 1. The van der Waals surface area contributed by atoms with Crippen LogP contribution >= 0.6 is 11.3 Å². The van der Waals surface area contributed by atoms with Crippen LogP contribution in [-0.4, -0.2) is 17.9 Å². The van der Waals surface area contributed by atoms with Gasteiger partial charge in [-0.1, -0.05) is 36.4 Å². The lowest BCUT2D eigenvalue weighted by Crippen LogP contribution is -2.35. The summed E-state index contributed by atoms with van der Waals surface area (Å²) in [5, 5.41) is 11.3. The number of hydrogen-bond donors (Lipinski definition) is 0. The van der Waals surface area contributed by atoms with Crippen molar-refractivity contribution < 1.29 is 4.79 Å². The summed E-state index contributed by atoms with van der Waals surface area (Å²) in [5.74, 6) is -0.762. The van der Waals surface area contributed by atoms with Crippen LogP contribution in [0, 0.1) is 17.2 Å². The first-order valence-electron chi connectivity index (χ1n) is 6.87. The van der Waals surface area contributed by atoms with Crippen LogP contribution in [0.1, 0.15) is 23.4 Å². The highest BCUT2D eigenvalue weighted by molar-refractivity contribution is 7.10. The molecule has 0 spiro atoms. The molecule has 1 heterocycles. The SMILES string of the molecule is CC(c1cccs1)N(C)C(=O)C(C#N)Cc1ccccc1. The highest BCUT2D eigenvalue weighted by Gasteiger charge is 2.26. The van der Waals surface area contributed by atoms with E-state index in [0.717, 1.165) is 10.4 Å². The van der Waals surface area contributed by atoms with E-state index >= 15 is 0 Å². The summed E-state index contributed by atoms with van der Waals surface area (Å²) < 4.78 is 0. The predicted molar refractivity (Wildman–Crippen MR) is 84.8 cm³/mol. The van der Waals surface area contributed by atoms with Crippen LogP contribution < -0.4 is 0 Å². The molecule has 1 aromatic heterocycles. The van der Waals surface area contributed by atoms with E-state index in [1.807, 2.05) is 54.8 Å². The Kier molecular flexibility index (Phi) is 5.13. The van der Waals surface area contributed by atoms with Crippen LogP contribution in [0.4, 0.5) is 0 Å². The summed E-state index contributed by atoms with van der Waals surface area (Å²) in [4.78, 5) is 15.3. The Morgan fingerprint density at radius 1 is 1.29 bits per heavy atom. The number of nitriles is 1. The fraction of sp³-hybridized carbons (Fsp3) is 0.294. The molecule has 3 nitrogen and oxygen atoms in total. The lowest BCUT2D eigenvalue weighted by molar-refractivity contribution is -0.134. The van der Waals surface area contributed by atoms with Crippen molar-refractivity contribution in [1.82, 2.24) is 4.90 Å². The Morgan fingerprint density at radius 2 is 2.00 bits per heavy atom. The molecule has 2 atom stereocenters. The minimum Gasteiger partial charge on any atom is -0.337 e. The molecule has 0 aliphatic carbocycles. The second-order valence-corrected chi connectivity index (χ2v) is 5.99. The van der Waals surface area contributed by atoms with Crippen LogP contribution in [0.5, 0.6) is 0 Å². The second kappa shape index (κ2) is 7.05. The standard InChI is InChI=1S/C17H18N2OS/c1-13(16-9-6-10-21-16)19(2)17(20)15(12-18)11-14-7-4-3-5-8-14/h3-10,13,15H,11H2,1-2H3. The molecule has 108 valence electrons. The van der Waals surface area contributed by atoms with Crippen molar-refractivity contribution in [3.8, 4) is 6.07 Å². The highest BCUT2D eigenvalue weighted by Crippen LogP contribution is 2.25. The van der Waals surface area contributed by atoms with Gasteiger partial charge in [-0.15, -0.1) is 11.3 Å². The zero-order chi connectivity index (χ0) is 15.2. The largest absolute Gasteiger partial charge is 0.337 e. The average Bonchev–Trinajstić information content (AvgIpc) is 3.06. The van der Waals surface area contributed by atoms with Gasteiger partial charge < -0.3 is 4.90 Å². The van der Waals surface area contributed by atoms with Crippen molar-refractivity contribution in [2.75, 3.05) is 7.05 Å². The van der Waals surface area contributed by atoms with Crippen LogP contribution in [0.15, 0.2) is 47.8 Å². The predicted octanol–water partition coefficient (Wildman–Crippen LogP) is 3.65. The molecule has 4 heteroatoms. The fourth-order valence-corrected chi connectivity index (χ4v) is 3.02. The summed E-state index contributed by atoms with van der Waals surface area (Å²) in [7, 11) is 1.77. The Bertz CT molecular complexity index is 616. The molecule has 0 radical (unpaired) electrons. The third-order valence-electron chi connectivity index (χ3n) is 3.62. The molecule has 0 saturated carbocycles. The van der Waals surface area contributed by atoms with Crippen molar-refractivity contribution in [2.24, 2.45) is 5.92 Å². The lowest BCUT2D eigenvalue weighted by atomic mass is 9.99. The molecular formula is C17H18N2OS. The first kappa shape index (κ1) is 15.3. The second-order valence-electron chi connectivity index (χ2n) is 5.01. The lowest BCUT2D eigenvalue weighted by Gasteiger charge is -2.26. The Morgan fingerprint density at radius 3 is 2.57 bits per heavy atom. The van der Waals surface area contributed by atoms with Gasteiger partial charge in [-0.05, 0) is 30.4 Å².